The lowest BCUT2D eigenvalue weighted by atomic mass is 10.1. The van der Waals surface area contributed by atoms with Crippen LogP contribution >= 0.6 is 0 Å². The van der Waals surface area contributed by atoms with Gasteiger partial charge in [0.15, 0.2) is 23.0 Å². The molecule has 12 nitrogen and oxygen atoms in total. The Hall–Kier alpha value is -5.43. The number of hydrogen-bond donors (Lipinski definition) is 0. The van der Waals surface area contributed by atoms with Crippen molar-refractivity contribution < 1.29 is 47.4 Å². The molecule has 0 amide bonds. The zero-order valence-corrected chi connectivity index (χ0v) is 51.6. The zero-order chi connectivity index (χ0) is 58.3. The summed E-state index contributed by atoms with van der Waals surface area (Å²) in [5.41, 5.74) is 3.63. The predicted octanol–water partition coefficient (Wildman–Crippen LogP) is 20.2. The van der Waals surface area contributed by atoms with E-state index < -0.39 is 5.97 Å². The molecule has 12 heteroatoms. The average Bonchev–Trinajstić information content (AvgIpc) is 3.70. The highest BCUT2D eigenvalue weighted by Gasteiger charge is 2.19. The standard InChI is InChI=1S/C71H106N2O10/c1-4-7-10-13-16-19-22-25-28-31-48-78-67-47-38-61(69(81-49-32-29-26-23-20-17-14-11-8-5-2)70(67)82-50-33-30-27-24-21-18-15-12-9-6-3)37-34-60-35-40-63(41-36-60)72-73-64-42-44-65(45-43-64)83-71(74)62-39-46-66-68(59-62)80-58-56-77-54-52-75-51-53-76-55-57-79-66/h34-47,59H,4-33,48-58H2,1-3H3/b37-34+,73-72?. The van der Waals surface area contributed by atoms with Crippen molar-refractivity contribution in [1.82, 2.24) is 0 Å². The van der Waals surface area contributed by atoms with Crippen LogP contribution in [0.4, 0.5) is 11.4 Å². The van der Waals surface area contributed by atoms with Crippen LogP contribution in [0.25, 0.3) is 12.2 Å². The number of hydrogen-bond acceptors (Lipinski definition) is 12. The first kappa shape index (κ1) is 68.4. The Morgan fingerprint density at radius 2 is 0.819 bits per heavy atom. The van der Waals surface area contributed by atoms with E-state index in [1.165, 1.54) is 161 Å². The molecule has 0 N–H and O–H groups in total. The lowest BCUT2D eigenvalue weighted by Crippen LogP contribution is -2.13. The van der Waals surface area contributed by atoms with Crippen LogP contribution in [-0.2, 0) is 14.2 Å². The van der Waals surface area contributed by atoms with Crippen molar-refractivity contribution in [3.8, 4) is 34.5 Å². The number of fused-ring (bicyclic) bond motifs is 1. The summed E-state index contributed by atoms with van der Waals surface area (Å²) >= 11 is 0. The summed E-state index contributed by atoms with van der Waals surface area (Å²) in [5, 5.41) is 8.98. The highest BCUT2D eigenvalue weighted by atomic mass is 16.6. The molecule has 4 aromatic carbocycles. The Kier molecular flexibility index (Phi) is 37.8. The fourth-order valence-electron chi connectivity index (χ4n) is 9.92. The molecule has 1 aliphatic heterocycles. The second-order valence-corrected chi connectivity index (χ2v) is 22.1. The third kappa shape index (κ3) is 30.8. The van der Waals surface area contributed by atoms with E-state index in [2.05, 4.69) is 55.3 Å². The average molecular weight is 1150 g/mol. The summed E-state index contributed by atoms with van der Waals surface area (Å²) in [6, 6.07) is 24.1. The SMILES string of the molecule is CCCCCCCCCCCCOc1ccc(/C=C/c2ccc(N=Nc3ccc(OC(=O)c4ccc5c(c4)OCCOCCOCCOCCO5)cc3)cc2)c(OCCCCCCCCCCCC)c1OCCCCCCCCCCCC. The topological polar surface area (TPSA) is 125 Å². The molecule has 4 aromatic rings. The summed E-state index contributed by atoms with van der Waals surface area (Å²) in [5.74, 6) is 3.04. The van der Waals surface area contributed by atoms with Gasteiger partial charge in [0, 0.05) is 5.56 Å². The second-order valence-electron chi connectivity index (χ2n) is 22.1. The monoisotopic (exact) mass is 1150 g/mol. The first-order valence-corrected chi connectivity index (χ1v) is 32.8. The molecule has 0 bridgehead atoms. The van der Waals surface area contributed by atoms with E-state index in [1.807, 2.05) is 24.3 Å². The Labute approximate surface area is 501 Å². The van der Waals surface area contributed by atoms with Crippen molar-refractivity contribution in [2.24, 2.45) is 10.2 Å². The first-order valence-electron chi connectivity index (χ1n) is 32.8. The van der Waals surface area contributed by atoms with Crippen molar-refractivity contribution in [1.29, 1.82) is 0 Å². The largest absolute Gasteiger partial charge is 0.490 e. The molecule has 0 fully saturated rings. The number of nitrogens with zero attached hydrogens (tertiary/aromatic N) is 2. The number of azo groups is 1. The highest BCUT2D eigenvalue weighted by Crippen LogP contribution is 2.42. The summed E-state index contributed by atoms with van der Waals surface area (Å²) in [6.07, 6.45) is 42.6. The summed E-state index contributed by atoms with van der Waals surface area (Å²) in [7, 11) is 0. The van der Waals surface area contributed by atoms with Gasteiger partial charge in [0.1, 0.15) is 19.0 Å². The third-order valence-electron chi connectivity index (χ3n) is 14.9. The minimum absolute atomic E-state index is 0.278. The van der Waals surface area contributed by atoms with E-state index in [0.717, 1.165) is 60.5 Å². The molecule has 0 aromatic heterocycles. The van der Waals surface area contributed by atoms with Crippen molar-refractivity contribution >= 4 is 29.5 Å². The third-order valence-corrected chi connectivity index (χ3v) is 14.9. The highest BCUT2D eigenvalue weighted by molar-refractivity contribution is 5.92. The van der Waals surface area contributed by atoms with Gasteiger partial charge in [-0.05, 0) is 91.6 Å². The molecule has 1 heterocycles. The molecule has 0 unspecified atom stereocenters. The fourth-order valence-corrected chi connectivity index (χ4v) is 9.92. The van der Waals surface area contributed by atoms with Crippen molar-refractivity contribution in [2.45, 2.75) is 213 Å². The maximum atomic E-state index is 13.3. The van der Waals surface area contributed by atoms with Gasteiger partial charge < -0.3 is 42.6 Å². The molecule has 460 valence electrons. The Bertz CT molecular complexity index is 2320. The van der Waals surface area contributed by atoms with Crippen molar-refractivity contribution in [3.63, 3.8) is 0 Å². The molecule has 0 aliphatic carbocycles. The molecule has 83 heavy (non-hydrogen) atoms. The van der Waals surface area contributed by atoms with E-state index in [0.29, 0.717) is 100 Å². The van der Waals surface area contributed by atoms with Crippen LogP contribution in [0.2, 0.25) is 0 Å². The molecule has 0 radical (unpaired) electrons. The van der Waals surface area contributed by atoms with Crippen molar-refractivity contribution in [2.75, 3.05) is 72.7 Å². The van der Waals surface area contributed by atoms with Gasteiger partial charge in [-0.25, -0.2) is 4.79 Å². The van der Waals surface area contributed by atoms with Gasteiger partial charge in [-0.2, -0.15) is 10.2 Å². The minimum Gasteiger partial charge on any atom is -0.490 e. The molecular formula is C71H106N2O10. The van der Waals surface area contributed by atoms with Crippen LogP contribution in [0.3, 0.4) is 0 Å². The maximum Gasteiger partial charge on any atom is 0.343 e. The Balaban J connectivity index is 1.21. The van der Waals surface area contributed by atoms with Crippen LogP contribution in [-0.4, -0.2) is 78.6 Å². The Morgan fingerprint density at radius 3 is 1.30 bits per heavy atom. The van der Waals surface area contributed by atoms with Crippen LogP contribution in [0.5, 0.6) is 34.5 Å². The van der Waals surface area contributed by atoms with Gasteiger partial charge in [-0.1, -0.05) is 218 Å². The van der Waals surface area contributed by atoms with Gasteiger partial charge in [0.05, 0.1) is 76.4 Å². The summed E-state index contributed by atoms with van der Waals surface area (Å²) in [6.45, 7) is 12.0. The van der Waals surface area contributed by atoms with Gasteiger partial charge in [-0.3, -0.25) is 0 Å². The Morgan fingerprint density at radius 1 is 0.410 bits per heavy atom. The number of benzene rings is 4. The summed E-state index contributed by atoms with van der Waals surface area (Å²) < 4.78 is 54.4. The number of unbranched alkanes of at least 4 members (excludes halogenated alkanes) is 27. The molecule has 1 aliphatic rings. The van der Waals surface area contributed by atoms with E-state index in [1.54, 1.807) is 42.5 Å². The quantitative estimate of drug-likeness (QED) is 0.0139. The molecule has 0 saturated heterocycles. The fraction of sp³-hybridized carbons (Fsp3) is 0.620. The lowest BCUT2D eigenvalue weighted by Gasteiger charge is -2.19. The van der Waals surface area contributed by atoms with E-state index >= 15 is 0 Å². The van der Waals surface area contributed by atoms with Crippen LogP contribution in [0.1, 0.15) is 235 Å². The van der Waals surface area contributed by atoms with E-state index in [9.17, 15) is 4.79 Å². The molecule has 0 saturated carbocycles. The predicted molar refractivity (Wildman–Crippen MR) is 339 cm³/mol. The number of carbonyl (C=O) groups is 1. The van der Waals surface area contributed by atoms with Gasteiger partial charge >= 0.3 is 5.97 Å². The first-order chi connectivity index (χ1) is 41.1. The second kappa shape index (κ2) is 45.9. The van der Waals surface area contributed by atoms with Gasteiger partial charge in [0.2, 0.25) is 5.75 Å². The maximum absolute atomic E-state index is 13.3. The minimum atomic E-state index is -0.533. The number of esters is 1. The number of carbonyl (C=O) groups excluding carboxylic acids is 1. The van der Waals surface area contributed by atoms with Crippen LogP contribution < -0.4 is 28.4 Å². The zero-order valence-electron chi connectivity index (χ0n) is 51.6. The van der Waals surface area contributed by atoms with Crippen LogP contribution in [0, 0.1) is 0 Å². The number of rotatable bonds is 42. The van der Waals surface area contributed by atoms with Gasteiger partial charge in [-0.15, -0.1) is 0 Å². The molecule has 5 rings (SSSR count). The van der Waals surface area contributed by atoms with Crippen LogP contribution in [0.15, 0.2) is 89.1 Å². The molecular weight excluding hydrogens is 1040 g/mol. The van der Waals surface area contributed by atoms with E-state index in [-0.39, 0.29) is 6.61 Å². The van der Waals surface area contributed by atoms with Gasteiger partial charge in [0.25, 0.3) is 0 Å². The summed E-state index contributed by atoms with van der Waals surface area (Å²) in [4.78, 5) is 13.3. The molecule has 0 spiro atoms. The van der Waals surface area contributed by atoms with Crippen molar-refractivity contribution in [3.05, 3.63) is 95.6 Å². The smallest absolute Gasteiger partial charge is 0.343 e. The van der Waals surface area contributed by atoms with E-state index in [4.69, 9.17) is 42.6 Å². The molecule has 0 atom stereocenters. The lowest BCUT2D eigenvalue weighted by molar-refractivity contribution is 0.00708. The normalized spacial score (nSPS) is 13.5. The number of ether oxygens (including phenoxy) is 9.